The van der Waals surface area contributed by atoms with Gasteiger partial charge in [-0.3, -0.25) is 4.79 Å². The monoisotopic (exact) mass is 351 g/mol. The molecule has 0 aliphatic heterocycles. The second-order valence-electron chi connectivity index (χ2n) is 5.40. The van der Waals surface area contributed by atoms with Crippen molar-refractivity contribution in [2.75, 3.05) is 24.4 Å². The van der Waals surface area contributed by atoms with Crippen LogP contribution in [0.5, 0.6) is 11.5 Å². The molecule has 0 atom stereocenters. The lowest BCUT2D eigenvalue weighted by Crippen LogP contribution is -2.15. The summed E-state index contributed by atoms with van der Waals surface area (Å²) in [4.78, 5) is 12.4. The minimum Gasteiger partial charge on any atom is -0.495 e. The molecule has 0 aliphatic rings. The van der Waals surface area contributed by atoms with Gasteiger partial charge in [-0.15, -0.1) is 0 Å². The summed E-state index contributed by atoms with van der Waals surface area (Å²) in [5.74, 6) is 0.637. The molecule has 0 aliphatic carbocycles. The third kappa shape index (κ3) is 4.77. The molecule has 26 heavy (non-hydrogen) atoms. The molecule has 0 spiro atoms. The highest BCUT2D eigenvalue weighted by Gasteiger charge is 2.13. The van der Waals surface area contributed by atoms with Gasteiger partial charge >= 0.3 is 0 Å². The number of carbonyl (C=O) groups excluding carboxylic acids is 1. The van der Waals surface area contributed by atoms with Crippen molar-refractivity contribution in [2.24, 2.45) is 0 Å². The lowest BCUT2D eigenvalue weighted by atomic mass is 10.2. The van der Waals surface area contributed by atoms with Crippen LogP contribution in [0.4, 0.5) is 11.4 Å². The average molecular weight is 351 g/mol. The maximum Gasteiger partial charge on any atom is 0.267 e. The van der Waals surface area contributed by atoms with Crippen molar-refractivity contribution in [1.82, 2.24) is 0 Å². The zero-order valence-electron chi connectivity index (χ0n) is 15.0. The maximum atomic E-state index is 12.4. The van der Waals surface area contributed by atoms with Gasteiger partial charge in [0.1, 0.15) is 23.1 Å². The quantitative estimate of drug-likeness (QED) is 0.584. The lowest BCUT2D eigenvalue weighted by molar-refractivity contribution is -0.112. The molecular weight excluding hydrogens is 330 g/mol. The Hall–Kier alpha value is -3.46. The van der Waals surface area contributed by atoms with E-state index in [-0.39, 0.29) is 5.57 Å². The number of para-hydroxylation sites is 2. The van der Waals surface area contributed by atoms with Crippen LogP contribution in [0.15, 0.2) is 54.2 Å². The third-order valence-electron chi connectivity index (χ3n) is 3.53. The molecule has 2 N–H and O–H groups in total. The minimum absolute atomic E-state index is 0.0696. The van der Waals surface area contributed by atoms with E-state index in [0.717, 1.165) is 5.56 Å². The smallest absolute Gasteiger partial charge is 0.267 e. The predicted molar refractivity (Wildman–Crippen MR) is 101 cm³/mol. The van der Waals surface area contributed by atoms with Gasteiger partial charge in [0.2, 0.25) is 0 Å². The summed E-state index contributed by atoms with van der Waals surface area (Å²) in [6.45, 7) is 4.31. The van der Waals surface area contributed by atoms with Crippen LogP contribution in [-0.4, -0.2) is 19.6 Å². The average Bonchev–Trinajstić information content (AvgIpc) is 2.64. The van der Waals surface area contributed by atoms with Crippen molar-refractivity contribution in [2.45, 2.75) is 13.8 Å². The van der Waals surface area contributed by atoms with Crippen LogP contribution in [0.25, 0.3) is 0 Å². The first kappa shape index (κ1) is 18.9. The van der Waals surface area contributed by atoms with Crippen molar-refractivity contribution < 1.29 is 14.3 Å². The first-order valence-electron chi connectivity index (χ1n) is 8.13. The number of hydrogen-bond acceptors (Lipinski definition) is 5. The number of hydrogen-bond donors (Lipinski definition) is 2. The number of nitrogens with one attached hydrogen (secondary N) is 2. The topological polar surface area (TPSA) is 83.4 Å². The summed E-state index contributed by atoms with van der Waals surface area (Å²) in [5.41, 5.74) is 2.07. The molecule has 2 rings (SSSR count). The number of amides is 1. The van der Waals surface area contributed by atoms with E-state index in [4.69, 9.17) is 9.47 Å². The molecule has 0 heterocycles. The fourth-order valence-electron chi connectivity index (χ4n) is 2.27. The number of nitrogens with zero attached hydrogens (tertiary/aromatic N) is 1. The van der Waals surface area contributed by atoms with Gasteiger partial charge in [0.05, 0.1) is 25.1 Å². The molecule has 1 amide bonds. The normalized spacial score (nSPS) is 10.6. The van der Waals surface area contributed by atoms with Gasteiger partial charge in [-0.25, -0.2) is 0 Å². The van der Waals surface area contributed by atoms with Crippen molar-refractivity contribution >= 4 is 17.3 Å². The fourth-order valence-corrected chi connectivity index (χ4v) is 2.27. The molecule has 0 unspecified atom stereocenters. The Kier molecular flexibility index (Phi) is 6.63. The maximum absolute atomic E-state index is 12.4. The Morgan fingerprint density at radius 3 is 2.65 bits per heavy atom. The molecule has 2 aromatic rings. The van der Waals surface area contributed by atoms with Crippen molar-refractivity contribution in [3.63, 3.8) is 0 Å². The molecule has 0 aromatic heterocycles. The molecule has 0 fully saturated rings. The van der Waals surface area contributed by atoms with Crippen molar-refractivity contribution in [1.29, 1.82) is 5.26 Å². The summed E-state index contributed by atoms with van der Waals surface area (Å²) in [6, 6.07) is 14.6. The van der Waals surface area contributed by atoms with Gasteiger partial charge in [-0.2, -0.15) is 5.26 Å². The standard InChI is InChI=1S/C20H21N3O3/c1-4-26-19-8-6-5-7-16(19)22-13-15(12-21)20(24)23-17-11-14(2)9-10-18(17)25-3/h5-11,13,22H,4H2,1-3H3,(H,23,24)/b15-13-. The Labute approximate surface area is 153 Å². The summed E-state index contributed by atoms with van der Waals surface area (Å²) < 4.78 is 10.7. The molecule has 6 nitrogen and oxygen atoms in total. The molecule has 0 saturated heterocycles. The van der Waals surface area contributed by atoms with E-state index in [0.29, 0.717) is 29.5 Å². The summed E-state index contributed by atoms with van der Waals surface area (Å²) in [5, 5.41) is 15.0. The van der Waals surface area contributed by atoms with Gasteiger partial charge in [0, 0.05) is 6.20 Å². The number of nitriles is 1. The largest absolute Gasteiger partial charge is 0.495 e. The number of benzene rings is 2. The highest BCUT2D eigenvalue weighted by molar-refractivity contribution is 6.07. The van der Waals surface area contributed by atoms with Crippen LogP contribution in [0.1, 0.15) is 12.5 Å². The zero-order valence-corrected chi connectivity index (χ0v) is 15.0. The Balaban J connectivity index is 2.18. The molecule has 2 aromatic carbocycles. The highest BCUT2D eigenvalue weighted by Crippen LogP contribution is 2.26. The fraction of sp³-hybridized carbons (Fsp3) is 0.200. The first-order valence-corrected chi connectivity index (χ1v) is 8.13. The van der Waals surface area contributed by atoms with Crippen molar-refractivity contribution in [3.05, 3.63) is 59.8 Å². The SMILES string of the molecule is CCOc1ccccc1N/C=C(/C#N)C(=O)Nc1cc(C)ccc1OC. The number of methoxy groups -OCH3 is 1. The molecular formula is C20H21N3O3. The Morgan fingerprint density at radius 1 is 1.19 bits per heavy atom. The molecule has 134 valence electrons. The van der Waals surface area contributed by atoms with E-state index in [1.165, 1.54) is 13.3 Å². The Morgan fingerprint density at radius 2 is 1.96 bits per heavy atom. The molecule has 6 heteroatoms. The van der Waals surface area contributed by atoms with E-state index in [2.05, 4.69) is 10.6 Å². The van der Waals surface area contributed by atoms with Gasteiger partial charge in [0.25, 0.3) is 5.91 Å². The number of rotatable bonds is 7. The van der Waals surface area contributed by atoms with E-state index < -0.39 is 5.91 Å². The number of anilines is 2. The minimum atomic E-state index is -0.530. The summed E-state index contributed by atoms with van der Waals surface area (Å²) in [6.07, 6.45) is 1.36. The van der Waals surface area contributed by atoms with Crippen LogP contribution in [-0.2, 0) is 4.79 Å². The second kappa shape index (κ2) is 9.14. The van der Waals surface area contributed by atoms with E-state index >= 15 is 0 Å². The molecule has 0 saturated carbocycles. The first-order chi connectivity index (χ1) is 12.6. The van der Waals surface area contributed by atoms with Crippen LogP contribution in [0.2, 0.25) is 0 Å². The van der Waals surface area contributed by atoms with Crippen LogP contribution in [0, 0.1) is 18.3 Å². The highest BCUT2D eigenvalue weighted by atomic mass is 16.5. The lowest BCUT2D eigenvalue weighted by Gasteiger charge is -2.11. The van der Waals surface area contributed by atoms with Gasteiger partial charge < -0.3 is 20.1 Å². The van der Waals surface area contributed by atoms with Gasteiger partial charge in [0.15, 0.2) is 0 Å². The van der Waals surface area contributed by atoms with Crippen LogP contribution < -0.4 is 20.1 Å². The van der Waals surface area contributed by atoms with Gasteiger partial charge in [-0.1, -0.05) is 18.2 Å². The van der Waals surface area contributed by atoms with Crippen LogP contribution >= 0.6 is 0 Å². The third-order valence-corrected chi connectivity index (χ3v) is 3.53. The molecule has 0 bridgehead atoms. The molecule has 0 radical (unpaired) electrons. The Bertz CT molecular complexity index is 854. The van der Waals surface area contributed by atoms with Crippen LogP contribution in [0.3, 0.4) is 0 Å². The number of carbonyl (C=O) groups is 1. The zero-order chi connectivity index (χ0) is 18.9. The number of ether oxygens (including phenoxy) is 2. The second-order valence-corrected chi connectivity index (χ2v) is 5.40. The number of aryl methyl sites for hydroxylation is 1. The van der Waals surface area contributed by atoms with E-state index in [1.54, 1.807) is 18.2 Å². The predicted octanol–water partition coefficient (Wildman–Crippen LogP) is 3.86. The summed E-state index contributed by atoms with van der Waals surface area (Å²) >= 11 is 0. The van der Waals surface area contributed by atoms with Gasteiger partial charge in [-0.05, 0) is 43.7 Å². The van der Waals surface area contributed by atoms with E-state index in [1.807, 2.05) is 44.2 Å². The van der Waals surface area contributed by atoms with Crippen molar-refractivity contribution in [3.8, 4) is 17.6 Å². The van der Waals surface area contributed by atoms with E-state index in [9.17, 15) is 10.1 Å². The summed E-state index contributed by atoms with van der Waals surface area (Å²) in [7, 11) is 1.52.